The number of carbonyl (C=O) groups excluding carboxylic acids is 1. The van der Waals surface area contributed by atoms with E-state index < -0.39 is 0 Å². The maximum absolute atomic E-state index is 12.6. The van der Waals surface area contributed by atoms with Gasteiger partial charge < -0.3 is 15.4 Å². The number of hydrogen-bond acceptors (Lipinski definition) is 5. The van der Waals surface area contributed by atoms with Crippen LogP contribution in [0.2, 0.25) is 0 Å². The average molecular weight is 291 g/mol. The van der Waals surface area contributed by atoms with E-state index in [1.807, 2.05) is 19.2 Å². The van der Waals surface area contributed by atoms with Crippen molar-refractivity contribution >= 4 is 33.1 Å². The second-order valence-electron chi connectivity index (χ2n) is 4.95. The number of nitrogen functional groups attached to an aromatic ring is 1. The van der Waals surface area contributed by atoms with Gasteiger partial charge in [-0.2, -0.15) is 0 Å². The lowest BCUT2D eigenvalue weighted by Gasteiger charge is -2.31. The van der Waals surface area contributed by atoms with Crippen LogP contribution in [0.3, 0.4) is 0 Å². The lowest BCUT2D eigenvalue weighted by atomic mass is 10.1. The highest BCUT2D eigenvalue weighted by molar-refractivity contribution is 7.21. The summed E-state index contributed by atoms with van der Waals surface area (Å²) in [4.78, 5) is 19.3. The lowest BCUT2D eigenvalue weighted by molar-refractivity contribution is 0.0365. The van der Waals surface area contributed by atoms with Gasteiger partial charge in [0, 0.05) is 32.5 Å². The molecule has 0 unspecified atom stereocenters. The quantitative estimate of drug-likeness (QED) is 0.920. The average Bonchev–Trinajstić information content (AvgIpc) is 2.84. The van der Waals surface area contributed by atoms with Gasteiger partial charge in [0.15, 0.2) is 0 Å². The molecule has 0 aliphatic carbocycles. The third-order valence-electron chi connectivity index (χ3n) is 3.74. The van der Waals surface area contributed by atoms with Crippen molar-refractivity contribution in [3.05, 3.63) is 23.2 Å². The predicted octanol–water partition coefficient (Wildman–Crippen LogP) is 2.13. The Morgan fingerprint density at radius 3 is 2.95 bits per heavy atom. The SMILES string of the molecule is CN(C(=O)c1sc2cccnc2c1N)C1CCOCC1. The van der Waals surface area contributed by atoms with Crippen molar-refractivity contribution in [2.45, 2.75) is 18.9 Å². The van der Waals surface area contributed by atoms with E-state index in [1.54, 1.807) is 11.1 Å². The normalized spacial score (nSPS) is 16.4. The zero-order valence-corrected chi connectivity index (χ0v) is 12.2. The highest BCUT2D eigenvalue weighted by Gasteiger charge is 2.26. The van der Waals surface area contributed by atoms with Gasteiger partial charge >= 0.3 is 0 Å². The minimum absolute atomic E-state index is 0.0163. The number of pyridine rings is 1. The Morgan fingerprint density at radius 1 is 1.50 bits per heavy atom. The van der Waals surface area contributed by atoms with E-state index >= 15 is 0 Å². The Morgan fingerprint density at radius 2 is 2.25 bits per heavy atom. The van der Waals surface area contributed by atoms with E-state index in [0.717, 1.165) is 23.1 Å². The molecule has 1 saturated heterocycles. The molecular formula is C14H17N3O2S. The van der Waals surface area contributed by atoms with Crippen LogP contribution in [0.4, 0.5) is 5.69 Å². The largest absolute Gasteiger partial charge is 0.396 e. The summed E-state index contributed by atoms with van der Waals surface area (Å²) in [5.74, 6) is -0.0163. The molecule has 6 heteroatoms. The van der Waals surface area contributed by atoms with Gasteiger partial charge in [0.2, 0.25) is 0 Å². The summed E-state index contributed by atoms with van der Waals surface area (Å²) >= 11 is 1.41. The van der Waals surface area contributed by atoms with E-state index in [9.17, 15) is 4.79 Å². The standard InChI is InChI=1S/C14H17N3O2S/c1-17(9-4-7-19-8-5-9)14(18)13-11(15)12-10(20-13)3-2-6-16-12/h2-3,6,9H,4-5,7-8,15H2,1H3. The summed E-state index contributed by atoms with van der Waals surface area (Å²) in [5.41, 5.74) is 7.30. The number of carbonyl (C=O) groups is 1. The molecule has 1 aliphatic rings. The van der Waals surface area contributed by atoms with Crippen LogP contribution >= 0.6 is 11.3 Å². The Balaban J connectivity index is 1.89. The van der Waals surface area contributed by atoms with E-state index in [2.05, 4.69) is 4.98 Å². The van der Waals surface area contributed by atoms with Gasteiger partial charge in [-0.25, -0.2) is 0 Å². The monoisotopic (exact) mass is 291 g/mol. The van der Waals surface area contributed by atoms with Crippen molar-refractivity contribution < 1.29 is 9.53 Å². The molecule has 0 spiro atoms. The predicted molar refractivity (Wildman–Crippen MR) is 80.0 cm³/mol. The first-order valence-corrected chi connectivity index (χ1v) is 7.48. The summed E-state index contributed by atoms with van der Waals surface area (Å²) in [6.07, 6.45) is 3.46. The fourth-order valence-electron chi connectivity index (χ4n) is 2.50. The van der Waals surface area contributed by atoms with Crippen molar-refractivity contribution in [2.24, 2.45) is 0 Å². The number of thiophene rings is 1. The summed E-state index contributed by atoms with van der Waals surface area (Å²) in [5, 5.41) is 0. The van der Waals surface area contributed by atoms with Crippen molar-refractivity contribution in [1.29, 1.82) is 0 Å². The molecule has 0 atom stereocenters. The molecule has 106 valence electrons. The smallest absolute Gasteiger partial charge is 0.266 e. The highest BCUT2D eigenvalue weighted by atomic mass is 32.1. The topological polar surface area (TPSA) is 68.5 Å². The third kappa shape index (κ3) is 2.25. The third-order valence-corrected chi connectivity index (χ3v) is 4.88. The van der Waals surface area contributed by atoms with Crippen LogP contribution in [-0.2, 0) is 4.74 Å². The minimum atomic E-state index is -0.0163. The van der Waals surface area contributed by atoms with Crippen LogP contribution < -0.4 is 5.73 Å². The molecule has 3 heterocycles. The minimum Gasteiger partial charge on any atom is -0.396 e. The number of ether oxygens (including phenoxy) is 1. The number of amides is 1. The maximum Gasteiger partial charge on any atom is 0.266 e. The number of hydrogen-bond donors (Lipinski definition) is 1. The van der Waals surface area contributed by atoms with E-state index in [4.69, 9.17) is 10.5 Å². The second-order valence-corrected chi connectivity index (χ2v) is 6.01. The molecule has 3 rings (SSSR count). The van der Waals surface area contributed by atoms with Gasteiger partial charge in [0.25, 0.3) is 5.91 Å². The van der Waals surface area contributed by atoms with Crippen molar-refractivity contribution in [1.82, 2.24) is 9.88 Å². The molecule has 0 saturated carbocycles. The zero-order valence-electron chi connectivity index (χ0n) is 11.3. The second kappa shape index (κ2) is 5.38. The first kappa shape index (κ1) is 13.3. The van der Waals surface area contributed by atoms with Crippen LogP contribution in [0.25, 0.3) is 10.2 Å². The molecule has 0 bridgehead atoms. The van der Waals surface area contributed by atoms with Gasteiger partial charge in [-0.1, -0.05) is 0 Å². The first-order chi connectivity index (χ1) is 9.68. The van der Waals surface area contributed by atoms with Crippen LogP contribution in [0.5, 0.6) is 0 Å². The first-order valence-electron chi connectivity index (χ1n) is 6.66. The molecule has 2 aromatic rings. The molecule has 0 aromatic carbocycles. The number of nitrogens with zero attached hydrogens (tertiary/aromatic N) is 2. The fraction of sp³-hybridized carbons (Fsp3) is 0.429. The van der Waals surface area contributed by atoms with E-state index in [-0.39, 0.29) is 11.9 Å². The summed E-state index contributed by atoms with van der Waals surface area (Å²) in [7, 11) is 1.84. The van der Waals surface area contributed by atoms with Crippen molar-refractivity contribution in [3.63, 3.8) is 0 Å². The van der Waals surface area contributed by atoms with E-state index in [0.29, 0.717) is 23.8 Å². The van der Waals surface area contributed by atoms with Gasteiger partial charge in [-0.15, -0.1) is 11.3 Å². The molecule has 1 amide bonds. The number of nitrogens with two attached hydrogens (primary N) is 1. The molecular weight excluding hydrogens is 274 g/mol. The van der Waals surface area contributed by atoms with Gasteiger partial charge in [0.05, 0.1) is 10.4 Å². The zero-order chi connectivity index (χ0) is 14.1. The van der Waals surface area contributed by atoms with Crippen LogP contribution in [-0.4, -0.2) is 42.1 Å². The highest BCUT2D eigenvalue weighted by Crippen LogP contribution is 2.33. The summed E-state index contributed by atoms with van der Waals surface area (Å²) < 4.78 is 6.29. The number of fused-ring (bicyclic) bond motifs is 1. The van der Waals surface area contributed by atoms with Gasteiger partial charge in [-0.3, -0.25) is 9.78 Å². The van der Waals surface area contributed by atoms with Crippen molar-refractivity contribution in [2.75, 3.05) is 26.0 Å². The molecule has 1 aliphatic heterocycles. The van der Waals surface area contributed by atoms with Gasteiger partial charge in [0.1, 0.15) is 10.4 Å². The number of rotatable bonds is 2. The number of aromatic nitrogens is 1. The van der Waals surface area contributed by atoms with Crippen LogP contribution in [0.1, 0.15) is 22.5 Å². The molecule has 0 radical (unpaired) electrons. The molecule has 5 nitrogen and oxygen atoms in total. The number of anilines is 1. The molecule has 2 aromatic heterocycles. The van der Waals surface area contributed by atoms with Crippen molar-refractivity contribution in [3.8, 4) is 0 Å². The van der Waals surface area contributed by atoms with Gasteiger partial charge in [-0.05, 0) is 25.0 Å². The Bertz CT molecular complexity index is 634. The molecule has 1 fully saturated rings. The molecule has 20 heavy (non-hydrogen) atoms. The summed E-state index contributed by atoms with van der Waals surface area (Å²) in [6.45, 7) is 1.43. The Labute approximate surface area is 121 Å². The Kier molecular flexibility index (Phi) is 3.58. The van der Waals surface area contributed by atoms with Crippen LogP contribution in [0, 0.1) is 0 Å². The maximum atomic E-state index is 12.6. The summed E-state index contributed by atoms with van der Waals surface area (Å²) in [6, 6.07) is 4.03. The molecule has 2 N–H and O–H groups in total. The van der Waals surface area contributed by atoms with E-state index in [1.165, 1.54) is 11.3 Å². The fourth-order valence-corrected chi connectivity index (χ4v) is 3.57. The Hall–Kier alpha value is -1.66. The lowest BCUT2D eigenvalue weighted by Crippen LogP contribution is -2.40. The van der Waals surface area contributed by atoms with Crippen LogP contribution in [0.15, 0.2) is 18.3 Å².